The molecule has 0 saturated carbocycles. The molecule has 4 rings (SSSR count). The normalized spacial score (nSPS) is 14.6. The van der Waals surface area contributed by atoms with E-state index in [1.807, 2.05) is 42.5 Å². The van der Waals surface area contributed by atoms with Crippen molar-refractivity contribution in [2.45, 2.75) is 32.6 Å². The number of amides is 2. The second kappa shape index (κ2) is 9.12. The number of nitrogens with zero attached hydrogens (tertiary/aromatic N) is 3. The number of hydrogen-bond donors (Lipinski definition) is 2. The van der Waals surface area contributed by atoms with Gasteiger partial charge in [-0.1, -0.05) is 32.0 Å². The number of carbonyl (C=O) groups excluding carboxylic acids is 2. The second-order valence-corrected chi connectivity index (χ2v) is 8.21. The van der Waals surface area contributed by atoms with Crippen molar-refractivity contribution in [3.05, 3.63) is 66.0 Å². The third-order valence-corrected chi connectivity index (χ3v) is 5.73. The fourth-order valence-corrected chi connectivity index (χ4v) is 3.79. The van der Waals surface area contributed by atoms with Gasteiger partial charge in [0.15, 0.2) is 0 Å². The van der Waals surface area contributed by atoms with E-state index in [2.05, 4.69) is 34.3 Å². The van der Waals surface area contributed by atoms with E-state index in [1.165, 1.54) is 5.56 Å². The van der Waals surface area contributed by atoms with Crippen LogP contribution in [0.2, 0.25) is 0 Å². The first-order valence-corrected chi connectivity index (χ1v) is 10.7. The van der Waals surface area contributed by atoms with Crippen LogP contribution >= 0.6 is 0 Å². The quantitative estimate of drug-likeness (QED) is 0.654. The van der Waals surface area contributed by atoms with Crippen molar-refractivity contribution in [1.82, 2.24) is 20.1 Å². The van der Waals surface area contributed by atoms with Gasteiger partial charge < -0.3 is 10.2 Å². The van der Waals surface area contributed by atoms with Crippen LogP contribution in [-0.2, 0) is 4.79 Å². The van der Waals surface area contributed by atoms with Crippen LogP contribution in [0.5, 0.6) is 0 Å². The molecule has 2 amide bonds. The number of piperidine rings is 1. The molecule has 7 nitrogen and oxygen atoms in total. The monoisotopic (exact) mass is 417 g/mol. The molecular formula is C24H27N5O2. The van der Waals surface area contributed by atoms with E-state index in [0.717, 1.165) is 11.4 Å². The smallest absolute Gasteiger partial charge is 0.271 e. The molecule has 160 valence electrons. The molecule has 1 fully saturated rings. The molecule has 1 aromatic carbocycles. The zero-order valence-electron chi connectivity index (χ0n) is 17.8. The maximum atomic E-state index is 12.8. The summed E-state index contributed by atoms with van der Waals surface area (Å²) in [4.78, 5) is 31.5. The Morgan fingerprint density at radius 2 is 1.81 bits per heavy atom. The number of likely N-dealkylation sites (tertiary alicyclic amines) is 1. The highest BCUT2D eigenvalue weighted by molar-refractivity contribution is 5.94. The Balaban J connectivity index is 1.31. The Hall–Kier alpha value is -3.48. The van der Waals surface area contributed by atoms with E-state index in [1.54, 1.807) is 17.2 Å². The summed E-state index contributed by atoms with van der Waals surface area (Å²) in [5.41, 5.74) is 3.85. The lowest BCUT2D eigenvalue weighted by atomic mass is 9.95. The molecule has 1 aliphatic rings. The number of rotatable bonds is 5. The van der Waals surface area contributed by atoms with Gasteiger partial charge in [-0.25, -0.2) is 0 Å². The summed E-state index contributed by atoms with van der Waals surface area (Å²) in [5.74, 6) is 0.280. The highest BCUT2D eigenvalue weighted by Crippen LogP contribution is 2.23. The van der Waals surface area contributed by atoms with Gasteiger partial charge in [0, 0.05) is 30.9 Å². The third kappa shape index (κ3) is 4.82. The Morgan fingerprint density at radius 3 is 2.45 bits per heavy atom. The lowest BCUT2D eigenvalue weighted by Crippen LogP contribution is -2.41. The summed E-state index contributed by atoms with van der Waals surface area (Å²) < 4.78 is 0. The minimum absolute atomic E-state index is 0.0170. The van der Waals surface area contributed by atoms with Gasteiger partial charge in [0.2, 0.25) is 5.91 Å². The lowest BCUT2D eigenvalue weighted by molar-refractivity contribution is -0.121. The van der Waals surface area contributed by atoms with Gasteiger partial charge in [0.05, 0.1) is 5.69 Å². The summed E-state index contributed by atoms with van der Waals surface area (Å²) in [6.07, 6.45) is 2.98. The fourth-order valence-electron chi connectivity index (χ4n) is 3.79. The topological polar surface area (TPSA) is 91.0 Å². The third-order valence-electron chi connectivity index (χ3n) is 5.73. The molecule has 1 aliphatic heterocycles. The van der Waals surface area contributed by atoms with Crippen LogP contribution < -0.4 is 5.32 Å². The van der Waals surface area contributed by atoms with Crippen LogP contribution in [-0.4, -0.2) is 45.0 Å². The summed E-state index contributed by atoms with van der Waals surface area (Å²) in [6.45, 7) is 5.37. The molecule has 0 unspecified atom stereocenters. The Kier molecular flexibility index (Phi) is 6.11. The van der Waals surface area contributed by atoms with Crippen LogP contribution in [0.3, 0.4) is 0 Å². The molecule has 0 spiro atoms. The predicted molar refractivity (Wildman–Crippen MR) is 120 cm³/mol. The van der Waals surface area contributed by atoms with Gasteiger partial charge in [-0.05, 0) is 54.7 Å². The number of benzene rings is 1. The van der Waals surface area contributed by atoms with Crippen LogP contribution in [0, 0.1) is 5.92 Å². The molecular weight excluding hydrogens is 390 g/mol. The molecule has 0 atom stereocenters. The van der Waals surface area contributed by atoms with E-state index in [0.29, 0.717) is 43.2 Å². The van der Waals surface area contributed by atoms with Crippen molar-refractivity contribution >= 4 is 17.5 Å². The Bertz CT molecular complexity index is 1040. The summed E-state index contributed by atoms with van der Waals surface area (Å²) >= 11 is 0. The Labute approximate surface area is 181 Å². The number of anilines is 1. The van der Waals surface area contributed by atoms with Crippen LogP contribution in [0.25, 0.3) is 11.4 Å². The van der Waals surface area contributed by atoms with E-state index in [9.17, 15) is 9.59 Å². The predicted octanol–water partition coefficient (Wildman–Crippen LogP) is 4.09. The maximum absolute atomic E-state index is 12.8. The molecule has 0 aliphatic carbocycles. The van der Waals surface area contributed by atoms with Gasteiger partial charge in [0.1, 0.15) is 11.4 Å². The SMILES string of the molecule is CC(C)c1ccc(NC(=O)C2CCN(C(=O)c3cc(-c4ccccn4)n[nH]3)CC2)cc1. The molecule has 31 heavy (non-hydrogen) atoms. The number of aromatic nitrogens is 3. The molecule has 2 aromatic heterocycles. The first-order valence-electron chi connectivity index (χ1n) is 10.7. The number of aromatic amines is 1. The average Bonchev–Trinajstić information content (AvgIpc) is 3.30. The molecule has 0 bridgehead atoms. The average molecular weight is 418 g/mol. The minimum Gasteiger partial charge on any atom is -0.337 e. The molecule has 3 heterocycles. The van der Waals surface area contributed by atoms with Crippen molar-refractivity contribution in [3.63, 3.8) is 0 Å². The summed E-state index contributed by atoms with van der Waals surface area (Å²) in [7, 11) is 0. The van der Waals surface area contributed by atoms with Crippen LogP contribution in [0.15, 0.2) is 54.7 Å². The highest BCUT2D eigenvalue weighted by Gasteiger charge is 2.28. The van der Waals surface area contributed by atoms with Gasteiger partial charge in [-0.2, -0.15) is 5.10 Å². The zero-order chi connectivity index (χ0) is 21.8. The number of hydrogen-bond acceptors (Lipinski definition) is 4. The van der Waals surface area contributed by atoms with E-state index < -0.39 is 0 Å². The minimum atomic E-state index is -0.0992. The fraction of sp³-hybridized carbons (Fsp3) is 0.333. The van der Waals surface area contributed by atoms with Crippen molar-refractivity contribution in [1.29, 1.82) is 0 Å². The van der Waals surface area contributed by atoms with Gasteiger partial charge in [-0.3, -0.25) is 19.7 Å². The van der Waals surface area contributed by atoms with Gasteiger partial charge in [0.25, 0.3) is 5.91 Å². The standard InChI is InChI=1S/C24H27N5O2/c1-16(2)17-6-8-19(9-7-17)26-23(30)18-10-13-29(14-11-18)24(31)22-15-21(27-28-22)20-5-3-4-12-25-20/h3-9,12,15-16,18H,10-11,13-14H2,1-2H3,(H,26,30)(H,27,28). The van der Waals surface area contributed by atoms with Crippen molar-refractivity contribution in [2.75, 3.05) is 18.4 Å². The number of nitrogens with one attached hydrogen (secondary N) is 2. The number of carbonyl (C=O) groups is 2. The molecule has 2 N–H and O–H groups in total. The first kappa shape index (κ1) is 20.8. The summed E-state index contributed by atoms with van der Waals surface area (Å²) in [6, 6.07) is 15.3. The van der Waals surface area contributed by atoms with E-state index in [-0.39, 0.29) is 17.7 Å². The number of pyridine rings is 1. The molecule has 7 heteroatoms. The summed E-state index contributed by atoms with van der Waals surface area (Å²) in [5, 5.41) is 10.0. The van der Waals surface area contributed by atoms with Crippen molar-refractivity contribution in [3.8, 4) is 11.4 Å². The van der Waals surface area contributed by atoms with Crippen molar-refractivity contribution < 1.29 is 9.59 Å². The Morgan fingerprint density at radius 1 is 1.06 bits per heavy atom. The van der Waals surface area contributed by atoms with Crippen LogP contribution in [0.1, 0.15) is 48.7 Å². The lowest BCUT2D eigenvalue weighted by Gasteiger charge is -2.31. The van der Waals surface area contributed by atoms with Gasteiger partial charge in [-0.15, -0.1) is 0 Å². The highest BCUT2D eigenvalue weighted by atomic mass is 16.2. The largest absolute Gasteiger partial charge is 0.337 e. The second-order valence-electron chi connectivity index (χ2n) is 8.21. The molecule has 1 saturated heterocycles. The molecule has 3 aromatic rings. The van der Waals surface area contributed by atoms with E-state index in [4.69, 9.17) is 0 Å². The molecule has 0 radical (unpaired) electrons. The van der Waals surface area contributed by atoms with Crippen molar-refractivity contribution in [2.24, 2.45) is 5.92 Å². The first-order chi connectivity index (χ1) is 15.0. The maximum Gasteiger partial charge on any atom is 0.271 e. The van der Waals surface area contributed by atoms with E-state index >= 15 is 0 Å². The number of H-pyrrole nitrogens is 1. The van der Waals surface area contributed by atoms with Gasteiger partial charge >= 0.3 is 0 Å². The zero-order valence-corrected chi connectivity index (χ0v) is 17.8. The van der Waals surface area contributed by atoms with Crippen LogP contribution in [0.4, 0.5) is 5.69 Å².